The van der Waals surface area contributed by atoms with Crippen LogP contribution in [0.5, 0.6) is 0 Å². The van der Waals surface area contributed by atoms with Gasteiger partial charge in [-0.3, -0.25) is 0 Å². The molecule has 94 valence electrons. The lowest BCUT2D eigenvalue weighted by molar-refractivity contribution is -0.548. The van der Waals surface area contributed by atoms with Gasteiger partial charge in [0.05, 0.1) is 0 Å². The van der Waals surface area contributed by atoms with Crippen molar-refractivity contribution >= 4 is 16.9 Å². The number of nitrogens with one attached hydrogen (secondary N) is 2. The maximum absolute atomic E-state index is 10.9. The average Bonchev–Trinajstić information content (AvgIpc) is 2.71. The summed E-state index contributed by atoms with van der Waals surface area (Å²) in [5.41, 5.74) is 3.39. The van der Waals surface area contributed by atoms with Crippen molar-refractivity contribution in [3.63, 3.8) is 0 Å². The number of aromatic nitrogens is 1. The zero-order valence-electron chi connectivity index (χ0n) is 9.29. The first kappa shape index (κ1) is 11.9. The highest BCUT2D eigenvalue weighted by atomic mass is 16.7. The minimum atomic E-state index is -1.25. The zero-order valence-corrected chi connectivity index (χ0v) is 9.29. The van der Waals surface area contributed by atoms with Crippen molar-refractivity contribution in [3.8, 4) is 0 Å². The van der Waals surface area contributed by atoms with Crippen LogP contribution < -0.4 is 5.43 Å². The van der Waals surface area contributed by atoms with E-state index < -0.39 is 17.0 Å². The summed E-state index contributed by atoms with van der Waals surface area (Å²) < 4.78 is 0. The second kappa shape index (κ2) is 4.74. The molecule has 2 aromatic rings. The molecule has 1 atom stereocenters. The van der Waals surface area contributed by atoms with E-state index >= 15 is 0 Å². The molecule has 7 nitrogen and oxygen atoms in total. The standard InChI is InChI=1S/C11H11N3O4/c15-11(16)10(13-14(17)18)5-7-6-12-9-4-2-1-3-8(7)9/h1-4,6,10,12-13H,5H2,(H,15,16)/t10-/m1/s1. The largest absolute Gasteiger partial charge is 0.480 e. The maximum atomic E-state index is 10.9. The Kier molecular flexibility index (Phi) is 3.13. The van der Waals surface area contributed by atoms with Crippen LogP contribution in [0, 0.1) is 10.1 Å². The molecule has 3 N–H and O–H groups in total. The van der Waals surface area contributed by atoms with Gasteiger partial charge in [0.2, 0.25) is 0 Å². The number of aliphatic carboxylic acids is 1. The lowest BCUT2D eigenvalue weighted by Crippen LogP contribution is -2.41. The van der Waals surface area contributed by atoms with Gasteiger partial charge < -0.3 is 10.1 Å². The predicted octanol–water partition coefficient (Wildman–Crippen LogP) is 0.945. The molecule has 0 spiro atoms. The van der Waals surface area contributed by atoms with Crippen LogP contribution in [0.15, 0.2) is 30.5 Å². The number of benzene rings is 1. The maximum Gasteiger partial charge on any atom is 0.332 e. The molecule has 0 saturated heterocycles. The predicted molar refractivity (Wildman–Crippen MR) is 63.6 cm³/mol. The Morgan fingerprint density at radius 1 is 1.50 bits per heavy atom. The number of carboxylic acid groups (broad SMARTS) is 1. The molecule has 0 amide bonds. The summed E-state index contributed by atoms with van der Waals surface area (Å²) in [6.45, 7) is 0. The molecule has 0 aliphatic carbocycles. The van der Waals surface area contributed by atoms with E-state index in [1.807, 2.05) is 24.3 Å². The Hall–Kier alpha value is -2.57. The van der Waals surface area contributed by atoms with Gasteiger partial charge in [-0.25, -0.2) is 14.9 Å². The van der Waals surface area contributed by atoms with Crippen LogP contribution in [-0.4, -0.2) is 27.1 Å². The number of hydrogen-bond acceptors (Lipinski definition) is 3. The number of aromatic amines is 1. The first-order valence-electron chi connectivity index (χ1n) is 5.26. The molecule has 18 heavy (non-hydrogen) atoms. The zero-order chi connectivity index (χ0) is 13.1. The molecular weight excluding hydrogens is 238 g/mol. The van der Waals surface area contributed by atoms with E-state index in [0.717, 1.165) is 16.5 Å². The Morgan fingerprint density at radius 3 is 2.89 bits per heavy atom. The lowest BCUT2D eigenvalue weighted by Gasteiger charge is -2.08. The van der Waals surface area contributed by atoms with E-state index in [4.69, 9.17) is 5.11 Å². The Labute approximate surface area is 102 Å². The highest BCUT2D eigenvalue weighted by molar-refractivity contribution is 5.84. The third kappa shape index (κ3) is 2.40. The van der Waals surface area contributed by atoms with E-state index in [1.54, 1.807) is 11.6 Å². The number of rotatable bonds is 5. The van der Waals surface area contributed by atoms with E-state index in [9.17, 15) is 14.9 Å². The van der Waals surface area contributed by atoms with E-state index in [1.165, 1.54) is 0 Å². The fourth-order valence-electron chi connectivity index (χ4n) is 1.84. The van der Waals surface area contributed by atoms with Crippen LogP contribution >= 0.6 is 0 Å². The Bertz CT molecular complexity index is 593. The summed E-state index contributed by atoms with van der Waals surface area (Å²) in [7, 11) is 0. The molecule has 0 bridgehead atoms. The minimum absolute atomic E-state index is 0.0420. The Morgan fingerprint density at radius 2 is 2.22 bits per heavy atom. The third-order valence-corrected chi connectivity index (χ3v) is 2.66. The van der Waals surface area contributed by atoms with Gasteiger partial charge in [-0.05, 0) is 11.6 Å². The van der Waals surface area contributed by atoms with E-state index in [-0.39, 0.29) is 6.42 Å². The van der Waals surface area contributed by atoms with Crippen LogP contribution in [0.4, 0.5) is 0 Å². The number of fused-ring (bicyclic) bond motifs is 1. The molecule has 1 heterocycles. The lowest BCUT2D eigenvalue weighted by atomic mass is 10.1. The third-order valence-electron chi connectivity index (χ3n) is 2.66. The topological polar surface area (TPSA) is 108 Å². The minimum Gasteiger partial charge on any atom is -0.480 e. The van der Waals surface area contributed by atoms with Crippen LogP contribution in [0.2, 0.25) is 0 Å². The molecule has 1 aromatic carbocycles. The summed E-state index contributed by atoms with van der Waals surface area (Å²) in [4.78, 5) is 24.2. The molecule has 2 rings (SSSR count). The van der Waals surface area contributed by atoms with Gasteiger partial charge in [0.1, 0.15) is 0 Å². The monoisotopic (exact) mass is 249 g/mol. The number of H-pyrrole nitrogens is 1. The smallest absolute Gasteiger partial charge is 0.332 e. The summed E-state index contributed by atoms with van der Waals surface area (Å²) in [6.07, 6.45) is 1.71. The molecule has 0 radical (unpaired) electrons. The molecule has 7 heteroatoms. The van der Waals surface area contributed by atoms with Crippen molar-refractivity contribution in [2.24, 2.45) is 0 Å². The van der Waals surface area contributed by atoms with Crippen molar-refractivity contribution < 1.29 is 14.9 Å². The summed E-state index contributed by atoms with van der Waals surface area (Å²) in [5.74, 6) is -1.25. The number of carbonyl (C=O) groups is 1. The fourth-order valence-corrected chi connectivity index (χ4v) is 1.84. The highest BCUT2D eigenvalue weighted by Crippen LogP contribution is 2.19. The molecule has 0 fully saturated rings. The summed E-state index contributed by atoms with van der Waals surface area (Å²) >= 11 is 0. The number of hydrazine groups is 1. The number of carboxylic acids is 1. The van der Waals surface area contributed by atoms with Crippen molar-refractivity contribution in [3.05, 3.63) is 46.1 Å². The molecule has 0 aliphatic heterocycles. The summed E-state index contributed by atoms with van der Waals surface area (Å²) in [5, 5.41) is 19.3. The summed E-state index contributed by atoms with van der Waals surface area (Å²) in [6, 6.07) is 6.13. The number of para-hydroxylation sites is 1. The van der Waals surface area contributed by atoms with Gasteiger partial charge in [-0.15, -0.1) is 5.43 Å². The fraction of sp³-hybridized carbons (Fsp3) is 0.182. The van der Waals surface area contributed by atoms with Gasteiger partial charge in [0, 0.05) is 23.5 Å². The molecular formula is C11H11N3O4. The first-order chi connectivity index (χ1) is 8.58. The van der Waals surface area contributed by atoms with Gasteiger partial charge in [0.15, 0.2) is 11.1 Å². The normalized spacial score (nSPS) is 12.2. The second-order valence-electron chi connectivity index (χ2n) is 3.84. The first-order valence-corrected chi connectivity index (χ1v) is 5.26. The van der Waals surface area contributed by atoms with Crippen LogP contribution in [0.1, 0.15) is 5.56 Å². The van der Waals surface area contributed by atoms with Crippen molar-refractivity contribution in [1.82, 2.24) is 10.4 Å². The second-order valence-corrected chi connectivity index (χ2v) is 3.84. The van der Waals surface area contributed by atoms with E-state index in [2.05, 4.69) is 4.98 Å². The van der Waals surface area contributed by atoms with Gasteiger partial charge >= 0.3 is 5.97 Å². The Balaban J connectivity index is 2.26. The molecule has 0 unspecified atom stereocenters. The van der Waals surface area contributed by atoms with Crippen LogP contribution in [-0.2, 0) is 11.2 Å². The quantitative estimate of drug-likeness (QED) is 0.540. The van der Waals surface area contributed by atoms with Crippen LogP contribution in [0.3, 0.4) is 0 Å². The van der Waals surface area contributed by atoms with E-state index in [0.29, 0.717) is 0 Å². The van der Waals surface area contributed by atoms with Crippen molar-refractivity contribution in [2.75, 3.05) is 0 Å². The van der Waals surface area contributed by atoms with Gasteiger partial charge in [-0.2, -0.15) is 0 Å². The molecule has 0 aliphatic rings. The average molecular weight is 249 g/mol. The SMILES string of the molecule is O=C(O)[C@@H](Cc1c[nH]c2ccccc12)N[N+](=O)[O-]. The number of nitro groups is 1. The van der Waals surface area contributed by atoms with Crippen LogP contribution in [0.25, 0.3) is 10.9 Å². The van der Waals surface area contributed by atoms with Gasteiger partial charge in [-0.1, -0.05) is 18.2 Å². The van der Waals surface area contributed by atoms with Crippen molar-refractivity contribution in [2.45, 2.75) is 12.5 Å². The highest BCUT2D eigenvalue weighted by Gasteiger charge is 2.23. The van der Waals surface area contributed by atoms with Gasteiger partial charge in [0.25, 0.3) is 0 Å². The molecule has 0 saturated carbocycles. The molecule has 1 aromatic heterocycles. The number of hydrogen-bond donors (Lipinski definition) is 3. The number of nitrogens with zero attached hydrogens (tertiary/aromatic N) is 1. The van der Waals surface area contributed by atoms with Crippen molar-refractivity contribution in [1.29, 1.82) is 0 Å².